The van der Waals surface area contributed by atoms with Crippen LogP contribution >= 0.6 is 24.0 Å². The number of methoxy groups -OCH3 is 1. The summed E-state index contributed by atoms with van der Waals surface area (Å²) in [4.78, 5) is 16.5. The van der Waals surface area contributed by atoms with E-state index in [4.69, 9.17) is 4.74 Å². The van der Waals surface area contributed by atoms with Crippen LogP contribution in [-0.2, 0) is 0 Å². The van der Waals surface area contributed by atoms with E-state index in [0.717, 1.165) is 24.8 Å². The lowest BCUT2D eigenvalue weighted by atomic mass is 10.2. The zero-order chi connectivity index (χ0) is 17.1. The lowest BCUT2D eigenvalue weighted by Crippen LogP contribution is -2.41. The van der Waals surface area contributed by atoms with Gasteiger partial charge in [-0.2, -0.15) is 0 Å². The fraction of sp³-hybridized carbons (Fsp3) is 0.529. The molecule has 0 aliphatic rings. The summed E-state index contributed by atoms with van der Waals surface area (Å²) in [5, 5.41) is 9.26. The molecule has 0 atom stereocenters. The van der Waals surface area contributed by atoms with Crippen LogP contribution in [0.25, 0.3) is 0 Å². The van der Waals surface area contributed by atoms with E-state index in [2.05, 4.69) is 34.8 Å². The first-order valence-electron chi connectivity index (χ1n) is 8.01. The van der Waals surface area contributed by atoms with E-state index in [1.807, 2.05) is 6.92 Å². The minimum absolute atomic E-state index is 0. The molecule has 1 rings (SSSR count). The monoisotopic (exact) mass is 448 g/mol. The second-order valence-corrected chi connectivity index (χ2v) is 5.52. The lowest BCUT2D eigenvalue weighted by Gasteiger charge is -2.12. The van der Waals surface area contributed by atoms with Crippen molar-refractivity contribution in [3.8, 4) is 5.75 Å². The molecule has 0 unspecified atom stereocenters. The summed E-state index contributed by atoms with van der Waals surface area (Å²) < 4.78 is 5.07. The number of carbonyl (C=O) groups is 1. The molecule has 3 N–H and O–H groups in total. The maximum Gasteiger partial charge on any atom is 0.251 e. The summed E-state index contributed by atoms with van der Waals surface area (Å²) >= 11 is 0. The number of benzene rings is 1. The van der Waals surface area contributed by atoms with Crippen molar-refractivity contribution in [1.29, 1.82) is 0 Å². The second kappa shape index (κ2) is 12.9. The van der Waals surface area contributed by atoms with Crippen LogP contribution in [0.1, 0.15) is 31.1 Å². The van der Waals surface area contributed by atoms with Gasteiger partial charge in [0.15, 0.2) is 5.96 Å². The molecule has 0 radical (unpaired) electrons. The lowest BCUT2D eigenvalue weighted by molar-refractivity contribution is 0.0954. The third-order valence-electron chi connectivity index (χ3n) is 3.01. The second-order valence-electron chi connectivity index (χ2n) is 5.52. The quantitative estimate of drug-likeness (QED) is 0.247. The van der Waals surface area contributed by atoms with Crippen LogP contribution in [0.5, 0.6) is 5.75 Å². The molecule has 1 aromatic rings. The molecule has 0 bridgehead atoms. The number of hydrogen-bond donors (Lipinski definition) is 3. The van der Waals surface area contributed by atoms with Crippen LogP contribution in [0.2, 0.25) is 0 Å². The Morgan fingerprint density at radius 1 is 1.12 bits per heavy atom. The van der Waals surface area contributed by atoms with Crippen molar-refractivity contribution >= 4 is 35.8 Å². The Balaban J connectivity index is 0.00000529. The first kappa shape index (κ1) is 22.5. The van der Waals surface area contributed by atoms with E-state index < -0.39 is 0 Å². The molecule has 0 aliphatic heterocycles. The Kier molecular flexibility index (Phi) is 12.0. The van der Waals surface area contributed by atoms with Crippen molar-refractivity contribution in [1.82, 2.24) is 16.0 Å². The smallest absolute Gasteiger partial charge is 0.251 e. The Hall–Kier alpha value is -1.51. The zero-order valence-electron chi connectivity index (χ0n) is 14.9. The van der Waals surface area contributed by atoms with Gasteiger partial charge in [0.25, 0.3) is 5.91 Å². The van der Waals surface area contributed by atoms with Gasteiger partial charge in [-0.15, -0.1) is 24.0 Å². The highest BCUT2D eigenvalue weighted by Crippen LogP contribution is 2.10. The number of ether oxygens (including phenoxy) is 1. The Bertz CT molecular complexity index is 504. The van der Waals surface area contributed by atoms with Crippen LogP contribution in [0.3, 0.4) is 0 Å². The van der Waals surface area contributed by atoms with Gasteiger partial charge in [-0.1, -0.05) is 13.8 Å². The molecule has 0 aromatic heterocycles. The van der Waals surface area contributed by atoms with Crippen molar-refractivity contribution < 1.29 is 9.53 Å². The van der Waals surface area contributed by atoms with Gasteiger partial charge in [0.1, 0.15) is 5.75 Å². The number of amides is 1. The van der Waals surface area contributed by atoms with Gasteiger partial charge < -0.3 is 20.7 Å². The van der Waals surface area contributed by atoms with Gasteiger partial charge in [0.05, 0.1) is 7.11 Å². The van der Waals surface area contributed by atoms with Crippen molar-refractivity contribution in [2.24, 2.45) is 10.9 Å². The van der Waals surface area contributed by atoms with Crippen LogP contribution in [0, 0.1) is 5.92 Å². The van der Waals surface area contributed by atoms with Gasteiger partial charge in [-0.05, 0) is 37.1 Å². The Morgan fingerprint density at radius 3 is 2.29 bits per heavy atom. The number of rotatable bonds is 8. The predicted molar refractivity (Wildman–Crippen MR) is 110 cm³/mol. The fourth-order valence-electron chi connectivity index (χ4n) is 1.82. The van der Waals surface area contributed by atoms with E-state index in [1.54, 1.807) is 31.4 Å². The topological polar surface area (TPSA) is 74.8 Å². The van der Waals surface area contributed by atoms with Crippen LogP contribution in [0.4, 0.5) is 0 Å². The standard InChI is InChI=1S/C17H28N4O2.HI/c1-5-18-17(21-12-13(2)3)20-11-10-19-16(22)14-6-8-15(23-4)9-7-14;/h6-9,13H,5,10-12H2,1-4H3,(H,19,22)(H2,18,20,21);1H. The maximum absolute atomic E-state index is 12.0. The number of nitrogens with zero attached hydrogens (tertiary/aromatic N) is 1. The molecule has 6 nitrogen and oxygen atoms in total. The fourth-order valence-corrected chi connectivity index (χ4v) is 1.82. The van der Waals surface area contributed by atoms with E-state index in [9.17, 15) is 4.79 Å². The third-order valence-corrected chi connectivity index (χ3v) is 3.01. The molecule has 0 fully saturated rings. The van der Waals surface area contributed by atoms with Gasteiger partial charge in [0.2, 0.25) is 0 Å². The molecule has 0 saturated carbocycles. The number of hydrogen-bond acceptors (Lipinski definition) is 3. The molecule has 0 heterocycles. The van der Waals surface area contributed by atoms with Crippen molar-refractivity contribution in [2.75, 3.05) is 33.3 Å². The highest BCUT2D eigenvalue weighted by atomic mass is 127. The van der Waals surface area contributed by atoms with Crippen molar-refractivity contribution in [2.45, 2.75) is 20.8 Å². The average Bonchev–Trinajstić information content (AvgIpc) is 2.56. The molecule has 7 heteroatoms. The molecule has 1 amide bonds. The van der Waals surface area contributed by atoms with E-state index >= 15 is 0 Å². The van der Waals surface area contributed by atoms with Gasteiger partial charge in [0, 0.05) is 31.7 Å². The summed E-state index contributed by atoms with van der Waals surface area (Å²) in [6.45, 7) is 9.00. The molecule has 1 aromatic carbocycles. The summed E-state index contributed by atoms with van der Waals surface area (Å²) in [7, 11) is 1.60. The molecule has 0 saturated heterocycles. The summed E-state index contributed by atoms with van der Waals surface area (Å²) in [5.41, 5.74) is 0.617. The number of carbonyl (C=O) groups excluding carboxylic acids is 1. The highest BCUT2D eigenvalue weighted by Gasteiger charge is 2.05. The number of guanidine groups is 1. The molecule has 136 valence electrons. The summed E-state index contributed by atoms with van der Waals surface area (Å²) in [6, 6.07) is 7.04. The van der Waals surface area contributed by atoms with Crippen molar-refractivity contribution in [3.63, 3.8) is 0 Å². The number of aliphatic imine (C=N–C) groups is 1. The van der Waals surface area contributed by atoms with Gasteiger partial charge >= 0.3 is 0 Å². The largest absolute Gasteiger partial charge is 0.497 e. The Morgan fingerprint density at radius 2 is 1.75 bits per heavy atom. The normalized spacial score (nSPS) is 10.8. The first-order chi connectivity index (χ1) is 11.1. The van der Waals surface area contributed by atoms with Gasteiger partial charge in [-0.25, -0.2) is 0 Å². The van der Waals surface area contributed by atoms with Crippen LogP contribution in [-0.4, -0.2) is 45.2 Å². The average molecular weight is 448 g/mol. The SMILES string of the molecule is CCNC(=NCC(C)C)NCCNC(=O)c1ccc(OC)cc1.I. The summed E-state index contributed by atoms with van der Waals surface area (Å²) in [6.07, 6.45) is 0. The summed E-state index contributed by atoms with van der Waals surface area (Å²) in [5.74, 6) is 1.93. The van der Waals surface area contributed by atoms with Crippen LogP contribution in [0.15, 0.2) is 29.3 Å². The molecular weight excluding hydrogens is 419 g/mol. The molecule has 24 heavy (non-hydrogen) atoms. The highest BCUT2D eigenvalue weighted by molar-refractivity contribution is 14.0. The number of nitrogens with one attached hydrogen (secondary N) is 3. The number of halogens is 1. The first-order valence-corrected chi connectivity index (χ1v) is 8.01. The van der Waals surface area contributed by atoms with E-state index in [-0.39, 0.29) is 29.9 Å². The minimum Gasteiger partial charge on any atom is -0.497 e. The minimum atomic E-state index is -0.0985. The third kappa shape index (κ3) is 8.95. The molecular formula is C17H29IN4O2. The van der Waals surface area contributed by atoms with Crippen LogP contribution < -0.4 is 20.7 Å². The molecule has 0 spiro atoms. The van der Waals surface area contributed by atoms with Gasteiger partial charge in [-0.3, -0.25) is 9.79 Å². The van der Waals surface area contributed by atoms with E-state index in [0.29, 0.717) is 24.6 Å². The van der Waals surface area contributed by atoms with E-state index in [1.165, 1.54) is 0 Å². The molecule has 0 aliphatic carbocycles. The predicted octanol–water partition coefficient (Wildman–Crippen LogP) is 2.25. The zero-order valence-corrected chi connectivity index (χ0v) is 17.2. The Labute approximate surface area is 161 Å². The van der Waals surface area contributed by atoms with Crippen molar-refractivity contribution in [3.05, 3.63) is 29.8 Å². The maximum atomic E-state index is 12.0.